The molecule has 0 amide bonds. The van der Waals surface area contributed by atoms with E-state index >= 15 is 0 Å². The van der Waals surface area contributed by atoms with Gasteiger partial charge in [0.1, 0.15) is 5.82 Å². The molecule has 2 aromatic rings. The van der Waals surface area contributed by atoms with Crippen LogP contribution in [0.5, 0.6) is 0 Å². The van der Waals surface area contributed by atoms with Crippen molar-refractivity contribution in [2.45, 2.75) is 40.8 Å². The van der Waals surface area contributed by atoms with E-state index in [1.54, 1.807) is 11.3 Å². The number of aromatic nitrogens is 2. The molecule has 0 saturated carbocycles. The van der Waals surface area contributed by atoms with Crippen LogP contribution in [0.2, 0.25) is 0 Å². The summed E-state index contributed by atoms with van der Waals surface area (Å²) in [7, 11) is 0. The van der Waals surface area contributed by atoms with Crippen molar-refractivity contribution < 1.29 is 0 Å². The van der Waals surface area contributed by atoms with E-state index < -0.39 is 0 Å². The fourth-order valence-electron chi connectivity index (χ4n) is 3.44. The first-order valence-electron chi connectivity index (χ1n) is 10.5. The van der Waals surface area contributed by atoms with Crippen LogP contribution in [0.3, 0.4) is 0 Å². The van der Waals surface area contributed by atoms with Crippen molar-refractivity contribution in [2.75, 3.05) is 44.2 Å². The summed E-state index contributed by atoms with van der Waals surface area (Å²) in [5.74, 6) is 1.88. The summed E-state index contributed by atoms with van der Waals surface area (Å²) in [5.41, 5.74) is 2.27. The van der Waals surface area contributed by atoms with E-state index in [1.807, 2.05) is 13.1 Å². The smallest absolute Gasteiger partial charge is 0.191 e. The maximum Gasteiger partial charge on any atom is 0.191 e. The predicted molar refractivity (Wildman–Crippen MR) is 137 cm³/mol. The van der Waals surface area contributed by atoms with Gasteiger partial charge in [-0.3, -0.25) is 0 Å². The van der Waals surface area contributed by atoms with Crippen LogP contribution in [0.15, 0.2) is 23.3 Å². The molecular weight excluding hydrogens is 509 g/mol. The highest BCUT2D eigenvalue weighted by Crippen LogP contribution is 2.17. The normalized spacial score (nSPS) is 15.1. The lowest BCUT2D eigenvalue weighted by atomic mass is 10.2. The molecular formula is C21H34IN7S. The van der Waals surface area contributed by atoms with Crippen LogP contribution in [-0.4, -0.2) is 60.1 Å². The number of nitrogens with one attached hydrogen (secondary N) is 2. The molecule has 0 bridgehead atoms. The zero-order valence-corrected chi connectivity index (χ0v) is 21.6. The summed E-state index contributed by atoms with van der Waals surface area (Å²) in [5, 5.41) is 7.86. The highest BCUT2D eigenvalue weighted by molar-refractivity contribution is 14.0. The van der Waals surface area contributed by atoms with Crippen molar-refractivity contribution in [1.29, 1.82) is 0 Å². The van der Waals surface area contributed by atoms with Crippen LogP contribution in [0.1, 0.15) is 35.0 Å². The Kier molecular flexibility index (Phi) is 10.3. The van der Waals surface area contributed by atoms with Crippen molar-refractivity contribution in [1.82, 2.24) is 25.5 Å². The number of hydrogen-bond acceptors (Lipinski definition) is 6. The quantitative estimate of drug-likeness (QED) is 0.318. The molecule has 0 aliphatic carbocycles. The zero-order chi connectivity index (χ0) is 20.6. The molecule has 3 heterocycles. The second-order valence-corrected chi connectivity index (χ2v) is 8.52. The van der Waals surface area contributed by atoms with Gasteiger partial charge < -0.3 is 20.4 Å². The van der Waals surface area contributed by atoms with E-state index in [1.165, 1.54) is 10.4 Å². The molecule has 0 aromatic carbocycles. The Balaban J connectivity index is 0.00000320. The lowest BCUT2D eigenvalue weighted by Gasteiger charge is -2.34. The van der Waals surface area contributed by atoms with Gasteiger partial charge in [0.15, 0.2) is 5.96 Å². The number of anilines is 1. The minimum Gasteiger partial charge on any atom is -0.357 e. The number of nitrogens with zero attached hydrogens (tertiary/aromatic N) is 5. The van der Waals surface area contributed by atoms with Crippen molar-refractivity contribution >= 4 is 47.1 Å². The van der Waals surface area contributed by atoms with E-state index in [2.05, 4.69) is 63.3 Å². The molecule has 1 fully saturated rings. The first kappa shape index (κ1) is 24.8. The standard InChI is InChI=1S/C21H33N7S.HI/c1-5-22-21(25-15-19-16(3)26-17(4)29-19)24-14-18-7-8-23-20(13-18)28-11-9-27(6-2)10-12-28;/h7-8,13H,5-6,9-12,14-15H2,1-4H3,(H2,22,24,25);1H. The number of pyridine rings is 1. The average Bonchev–Trinajstić information content (AvgIpc) is 3.07. The van der Waals surface area contributed by atoms with Crippen molar-refractivity contribution in [3.05, 3.63) is 39.5 Å². The largest absolute Gasteiger partial charge is 0.357 e. The number of aliphatic imine (C=N–C) groups is 1. The van der Waals surface area contributed by atoms with E-state index in [-0.39, 0.29) is 24.0 Å². The fraction of sp³-hybridized carbons (Fsp3) is 0.571. The summed E-state index contributed by atoms with van der Waals surface area (Å²) in [6, 6.07) is 4.22. The number of piperazine rings is 1. The number of likely N-dealkylation sites (N-methyl/N-ethyl adjacent to an activating group) is 1. The van der Waals surface area contributed by atoms with Crippen molar-refractivity contribution in [3.63, 3.8) is 0 Å². The third-order valence-electron chi connectivity index (χ3n) is 5.13. The molecule has 7 nitrogen and oxygen atoms in total. The van der Waals surface area contributed by atoms with Gasteiger partial charge in [0, 0.05) is 43.8 Å². The molecule has 0 unspecified atom stereocenters. The third-order valence-corrected chi connectivity index (χ3v) is 6.21. The Morgan fingerprint density at radius 1 is 1.17 bits per heavy atom. The number of guanidine groups is 1. The molecule has 0 atom stereocenters. The molecule has 0 radical (unpaired) electrons. The van der Waals surface area contributed by atoms with Gasteiger partial charge in [0.25, 0.3) is 0 Å². The minimum absolute atomic E-state index is 0. The molecule has 166 valence electrons. The maximum atomic E-state index is 4.77. The number of aryl methyl sites for hydroxylation is 2. The Hall–Kier alpha value is -1.46. The molecule has 30 heavy (non-hydrogen) atoms. The van der Waals surface area contributed by atoms with E-state index in [0.29, 0.717) is 6.54 Å². The van der Waals surface area contributed by atoms with E-state index in [0.717, 1.165) is 68.3 Å². The van der Waals surface area contributed by atoms with Gasteiger partial charge in [-0.15, -0.1) is 35.3 Å². The van der Waals surface area contributed by atoms with Gasteiger partial charge in [-0.2, -0.15) is 0 Å². The summed E-state index contributed by atoms with van der Waals surface area (Å²) in [6.45, 7) is 16.0. The van der Waals surface area contributed by atoms with E-state index in [9.17, 15) is 0 Å². The molecule has 1 aliphatic rings. The molecule has 2 aromatic heterocycles. The highest BCUT2D eigenvalue weighted by Gasteiger charge is 2.16. The van der Waals surface area contributed by atoms with Crippen LogP contribution >= 0.6 is 35.3 Å². The molecule has 1 saturated heterocycles. The van der Waals surface area contributed by atoms with Gasteiger partial charge >= 0.3 is 0 Å². The number of rotatable bonds is 7. The van der Waals surface area contributed by atoms with Crippen LogP contribution < -0.4 is 15.5 Å². The van der Waals surface area contributed by atoms with Crippen LogP contribution in [0.4, 0.5) is 5.82 Å². The summed E-state index contributed by atoms with van der Waals surface area (Å²) in [4.78, 5) is 20.0. The molecule has 1 aliphatic heterocycles. The van der Waals surface area contributed by atoms with Crippen LogP contribution in [0, 0.1) is 13.8 Å². The number of halogens is 1. The topological polar surface area (TPSA) is 68.7 Å². The van der Waals surface area contributed by atoms with Crippen LogP contribution in [-0.2, 0) is 13.1 Å². The van der Waals surface area contributed by atoms with E-state index in [4.69, 9.17) is 4.99 Å². The fourth-order valence-corrected chi connectivity index (χ4v) is 4.32. The first-order valence-corrected chi connectivity index (χ1v) is 11.3. The van der Waals surface area contributed by atoms with Crippen molar-refractivity contribution in [3.8, 4) is 0 Å². The number of hydrogen-bond donors (Lipinski definition) is 2. The van der Waals surface area contributed by atoms with Gasteiger partial charge in [-0.25, -0.2) is 15.0 Å². The lowest BCUT2D eigenvalue weighted by molar-refractivity contribution is 0.270. The van der Waals surface area contributed by atoms with Crippen molar-refractivity contribution in [2.24, 2.45) is 4.99 Å². The van der Waals surface area contributed by atoms with Gasteiger partial charge in [0.2, 0.25) is 0 Å². The molecule has 2 N–H and O–H groups in total. The summed E-state index contributed by atoms with van der Waals surface area (Å²) in [6.07, 6.45) is 1.90. The SMILES string of the molecule is CCNC(=NCc1ccnc(N2CCN(CC)CC2)c1)NCc1sc(C)nc1C.I. The van der Waals surface area contributed by atoms with Gasteiger partial charge in [0.05, 0.1) is 23.8 Å². The maximum absolute atomic E-state index is 4.77. The highest BCUT2D eigenvalue weighted by atomic mass is 127. The number of thiazole rings is 1. The monoisotopic (exact) mass is 543 g/mol. The Labute approximate surface area is 201 Å². The molecule has 3 rings (SSSR count). The molecule has 0 spiro atoms. The van der Waals surface area contributed by atoms with Crippen LogP contribution in [0.25, 0.3) is 0 Å². The Morgan fingerprint density at radius 2 is 1.93 bits per heavy atom. The summed E-state index contributed by atoms with van der Waals surface area (Å²) >= 11 is 1.73. The second kappa shape index (κ2) is 12.4. The zero-order valence-electron chi connectivity index (χ0n) is 18.4. The predicted octanol–water partition coefficient (Wildman–Crippen LogP) is 3.17. The second-order valence-electron chi connectivity index (χ2n) is 7.23. The molecule has 9 heteroatoms. The average molecular weight is 544 g/mol. The minimum atomic E-state index is 0. The lowest BCUT2D eigenvalue weighted by Crippen LogP contribution is -2.46. The Morgan fingerprint density at radius 3 is 2.57 bits per heavy atom. The summed E-state index contributed by atoms with van der Waals surface area (Å²) < 4.78 is 0. The van der Waals surface area contributed by atoms with Gasteiger partial charge in [-0.1, -0.05) is 6.92 Å². The third kappa shape index (κ3) is 7.05. The Bertz CT molecular complexity index is 815. The van der Waals surface area contributed by atoms with Gasteiger partial charge in [-0.05, 0) is 45.0 Å². The first-order chi connectivity index (χ1) is 14.1.